The Balaban J connectivity index is 0.000000370. The lowest BCUT2D eigenvalue weighted by Crippen LogP contribution is -2.24. The third kappa shape index (κ3) is 5.31. The highest BCUT2D eigenvalue weighted by atomic mass is 19.4. The van der Waals surface area contributed by atoms with E-state index < -0.39 is 12.1 Å². The molecule has 0 unspecified atom stereocenters. The van der Waals surface area contributed by atoms with E-state index in [-0.39, 0.29) is 11.5 Å². The number of nitrogens with zero attached hydrogens (tertiary/aromatic N) is 5. The number of nitrogens with one attached hydrogen (secondary N) is 1. The molecule has 154 valence electrons. The van der Waals surface area contributed by atoms with Gasteiger partial charge in [-0.05, 0) is 11.5 Å². The molecular weight excluding hydrogens is 389 g/mol. The molecule has 0 aromatic carbocycles. The summed E-state index contributed by atoms with van der Waals surface area (Å²) in [6, 6.07) is 4.24. The topological polar surface area (TPSA) is 120 Å². The molecular formula is C18H19F3N6O2. The van der Waals surface area contributed by atoms with Crippen molar-refractivity contribution in [1.82, 2.24) is 24.7 Å². The molecule has 0 aliphatic heterocycles. The minimum absolute atomic E-state index is 0.0230. The van der Waals surface area contributed by atoms with E-state index in [1.165, 1.54) is 0 Å². The van der Waals surface area contributed by atoms with Crippen LogP contribution in [0.15, 0.2) is 31.0 Å². The monoisotopic (exact) mass is 408 g/mol. The maximum absolute atomic E-state index is 10.6. The van der Waals surface area contributed by atoms with Crippen LogP contribution < -0.4 is 0 Å². The molecule has 1 atom stereocenters. The summed E-state index contributed by atoms with van der Waals surface area (Å²) < 4.78 is 33.6. The lowest BCUT2D eigenvalue weighted by Gasteiger charge is -2.28. The molecule has 2 N–H and O–H groups in total. The molecule has 0 saturated heterocycles. The van der Waals surface area contributed by atoms with Crippen molar-refractivity contribution in [3.8, 4) is 17.3 Å². The normalized spacial score (nSPS) is 12.7. The van der Waals surface area contributed by atoms with Crippen LogP contribution in [0.1, 0.15) is 33.2 Å². The van der Waals surface area contributed by atoms with Crippen molar-refractivity contribution in [1.29, 1.82) is 5.26 Å². The molecule has 3 aromatic heterocycles. The number of alkyl halides is 3. The molecule has 3 aromatic rings. The van der Waals surface area contributed by atoms with E-state index in [2.05, 4.69) is 46.9 Å². The number of carboxylic acids is 1. The van der Waals surface area contributed by atoms with Crippen molar-refractivity contribution in [2.45, 2.75) is 39.4 Å². The largest absolute Gasteiger partial charge is 0.490 e. The minimum atomic E-state index is -5.08. The van der Waals surface area contributed by atoms with Crippen LogP contribution in [-0.4, -0.2) is 42.0 Å². The molecule has 0 fully saturated rings. The first-order chi connectivity index (χ1) is 13.4. The first-order valence-electron chi connectivity index (χ1n) is 8.45. The van der Waals surface area contributed by atoms with E-state index in [4.69, 9.17) is 15.2 Å². The number of aliphatic carboxylic acids is 1. The van der Waals surface area contributed by atoms with Gasteiger partial charge in [0.1, 0.15) is 12.0 Å². The maximum Gasteiger partial charge on any atom is 0.490 e. The lowest BCUT2D eigenvalue weighted by atomic mass is 9.85. The summed E-state index contributed by atoms with van der Waals surface area (Å²) in [7, 11) is 0. The first kappa shape index (κ1) is 21.9. The summed E-state index contributed by atoms with van der Waals surface area (Å²) >= 11 is 0. The molecule has 0 amide bonds. The van der Waals surface area contributed by atoms with Crippen LogP contribution in [-0.2, 0) is 4.79 Å². The van der Waals surface area contributed by atoms with E-state index in [9.17, 15) is 13.2 Å². The van der Waals surface area contributed by atoms with Crippen molar-refractivity contribution in [2.75, 3.05) is 0 Å². The van der Waals surface area contributed by atoms with Gasteiger partial charge in [0.15, 0.2) is 0 Å². The molecule has 0 saturated carbocycles. The van der Waals surface area contributed by atoms with Gasteiger partial charge < -0.3 is 10.1 Å². The van der Waals surface area contributed by atoms with Gasteiger partial charge in [-0.3, -0.25) is 4.68 Å². The molecule has 0 spiro atoms. The van der Waals surface area contributed by atoms with Gasteiger partial charge in [-0.2, -0.15) is 23.5 Å². The van der Waals surface area contributed by atoms with Crippen molar-refractivity contribution in [3.05, 3.63) is 31.0 Å². The molecule has 29 heavy (non-hydrogen) atoms. The van der Waals surface area contributed by atoms with E-state index >= 15 is 0 Å². The van der Waals surface area contributed by atoms with E-state index in [1.807, 2.05) is 23.1 Å². The number of hydrogen-bond acceptors (Lipinski definition) is 5. The second kappa shape index (κ2) is 8.30. The number of carbonyl (C=O) groups is 1. The molecule has 3 heterocycles. The third-order valence-corrected chi connectivity index (χ3v) is 4.08. The summed E-state index contributed by atoms with van der Waals surface area (Å²) in [5.74, 6) is -2.76. The SMILES string of the molecule is CC(C)(C)[C@H](CC#N)n1cc(-c2ncnc3[nH]ccc23)cn1.O=C(O)C(F)(F)F. The molecule has 3 rings (SSSR count). The highest BCUT2D eigenvalue weighted by molar-refractivity contribution is 5.89. The molecule has 0 aliphatic carbocycles. The van der Waals surface area contributed by atoms with Crippen LogP contribution >= 0.6 is 0 Å². The van der Waals surface area contributed by atoms with Crippen molar-refractivity contribution in [3.63, 3.8) is 0 Å². The van der Waals surface area contributed by atoms with Crippen LogP contribution in [0.25, 0.3) is 22.3 Å². The highest BCUT2D eigenvalue weighted by Crippen LogP contribution is 2.34. The molecule has 0 radical (unpaired) electrons. The maximum atomic E-state index is 10.6. The van der Waals surface area contributed by atoms with Crippen LogP contribution in [0.5, 0.6) is 0 Å². The van der Waals surface area contributed by atoms with Crippen molar-refractivity contribution >= 4 is 17.0 Å². The van der Waals surface area contributed by atoms with E-state index in [0.29, 0.717) is 6.42 Å². The van der Waals surface area contributed by atoms with Gasteiger partial charge in [0.25, 0.3) is 0 Å². The van der Waals surface area contributed by atoms with Gasteiger partial charge in [0.05, 0.1) is 30.4 Å². The van der Waals surface area contributed by atoms with Crippen LogP contribution in [0.4, 0.5) is 13.2 Å². The van der Waals surface area contributed by atoms with Crippen LogP contribution in [0.2, 0.25) is 0 Å². The van der Waals surface area contributed by atoms with Crippen LogP contribution in [0.3, 0.4) is 0 Å². The summed E-state index contributed by atoms with van der Waals surface area (Å²) in [6.45, 7) is 6.35. The quantitative estimate of drug-likeness (QED) is 0.677. The summed E-state index contributed by atoms with van der Waals surface area (Å²) in [6.07, 6.45) is 2.49. The number of nitriles is 1. The Morgan fingerprint density at radius 3 is 2.55 bits per heavy atom. The Morgan fingerprint density at radius 1 is 1.34 bits per heavy atom. The van der Waals surface area contributed by atoms with E-state index in [1.54, 1.807) is 12.5 Å². The summed E-state index contributed by atoms with van der Waals surface area (Å²) in [5, 5.41) is 21.6. The number of fused-ring (bicyclic) bond motifs is 1. The summed E-state index contributed by atoms with van der Waals surface area (Å²) in [4.78, 5) is 20.6. The summed E-state index contributed by atoms with van der Waals surface area (Å²) in [5.41, 5.74) is 2.54. The van der Waals surface area contributed by atoms with Crippen molar-refractivity contribution < 1.29 is 23.1 Å². The van der Waals surface area contributed by atoms with E-state index in [0.717, 1.165) is 22.3 Å². The molecule has 0 bridgehead atoms. The number of rotatable bonds is 3. The Labute approximate surface area is 164 Å². The molecule has 8 nitrogen and oxygen atoms in total. The number of carboxylic acid groups (broad SMARTS) is 1. The predicted octanol–water partition coefficient (Wildman–Crippen LogP) is 3.96. The Morgan fingerprint density at radius 2 is 2.00 bits per heavy atom. The van der Waals surface area contributed by atoms with Gasteiger partial charge in [-0.25, -0.2) is 14.8 Å². The Kier molecular flexibility index (Phi) is 6.26. The standard InChI is InChI=1S/C16H18N6.C2HF3O2/c1-16(2,3)13(4-6-17)22-9-11(8-21-22)14-12-5-7-18-15(12)20-10-19-14;3-2(4,5)1(6)7/h5,7-10,13H,4H2,1-3H3,(H,18,19,20);(H,6,7)/t13-;/m0./s1. The fourth-order valence-corrected chi connectivity index (χ4v) is 2.62. The predicted molar refractivity (Wildman–Crippen MR) is 97.5 cm³/mol. The zero-order chi connectivity index (χ0) is 21.8. The third-order valence-electron chi connectivity index (χ3n) is 4.08. The van der Waals surface area contributed by atoms with Gasteiger partial charge in [0, 0.05) is 23.3 Å². The Bertz CT molecular complexity index is 1030. The van der Waals surface area contributed by atoms with Gasteiger partial charge >= 0.3 is 12.1 Å². The number of aromatic amines is 1. The fraction of sp³-hybridized carbons (Fsp3) is 0.389. The minimum Gasteiger partial charge on any atom is -0.475 e. The van der Waals surface area contributed by atoms with Gasteiger partial charge in [-0.1, -0.05) is 20.8 Å². The van der Waals surface area contributed by atoms with Gasteiger partial charge in [0.2, 0.25) is 0 Å². The average molecular weight is 408 g/mol. The number of aromatic nitrogens is 5. The Hall–Kier alpha value is -3.42. The smallest absolute Gasteiger partial charge is 0.475 e. The number of hydrogen-bond donors (Lipinski definition) is 2. The zero-order valence-electron chi connectivity index (χ0n) is 15.9. The average Bonchev–Trinajstić information content (AvgIpc) is 3.27. The second-order valence-electron chi connectivity index (χ2n) is 7.22. The zero-order valence-corrected chi connectivity index (χ0v) is 15.9. The van der Waals surface area contributed by atoms with Crippen LogP contribution in [0, 0.1) is 16.7 Å². The highest BCUT2D eigenvalue weighted by Gasteiger charge is 2.38. The van der Waals surface area contributed by atoms with Gasteiger partial charge in [-0.15, -0.1) is 0 Å². The molecule has 0 aliphatic rings. The fourth-order valence-electron chi connectivity index (χ4n) is 2.62. The molecule has 11 heteroatoms. The second-order valence-corrected chi connectivity index (χ2v) is 7.22. The lowest BCUT2D eigenvalue weighted by molar-refractivity contribution is -0.192. The van der Waals surface area contributed by atoms with Crippen molar-refractivity contribution in [2.24, 2.45) is 5.41 Å². The number of halogens is 3. The number of H-pyrrole nitrogens is 1. The first-order valence-corrected chi connectivity index (χ1v) is 8.45.